The van der Waals surface area contributed by atoms with Gasteiger partial charge in [0.15, 0.2) is 0 Å². The van der Waals surface area contributed by atoms with Crippen molar-refractivity contribution in [1.82, 2.24) is 20.9 Å². The van der Waals surface area contributed by atoms with Gasteiger partial charge in [-0.3, -0.25) is 14.1 Å². The van der Waals surface area contributed by atoms with Crippen LogP contribution in [0.25, 0.3) is 0 Å². The molecule has 15 heteroatoms. The minimum Gasteiger partial charge on any atom is -0.449 e. The quantitative estimate of drug-likeness (QED) is 0.219. The van der Waals surface area contributed by atoms with Gasteiger partial charge in [-0.2, -0.15) is 8.42 Å². The van der Waals surface area contributed by atoms with Crippen LogP contribution in [0.3, 0.4) is 0 Å². The summed E-state index contributed by atoms with van der Waals surface area (Å²) in [7, 11) is -4.98. The Labute approximate surface area is 222 Å². The van der Waals surface area contributed by atoms with E-state index in [1.165, 1.54) is 17.2 Å². The van der Waals surface area contributed by atoms with Crippen LogP contribution in [0.5, 0.6) is 0 Å². The molecule has 0 unspecified atom stereocenters. The lowest BCUT2D eigenvalue weighted by atomic mass is 9.99. The Bertz CT molecular complexity index is 1020. The lowest BCUT2D eigenvalue weighted by Gasteiger charge is -2.39. The highest BCUT2D eigenvalue weighted by atomic mass is 32.2. The Hall–Kier alpha value is -2.91. The maximum atomic E-state index is 13.0. The molecule has 0 bridgehead atoms. The monoisotopic (exact) mass is 562 g/mol. The summed E-state index contributed by atoms with van der Waals surface area (Å²) in [4.78, 5) is 50.8. The van der Waals surface area contributed by atoms with Crippen LogP contribution in [-0.4, -0.2) is 89.8 Å². The molecule has 4 atom stereocenters. The highest BCUT2D eigenvalue weighted by Crippen LogP contribution is 2.20. The van der Waals surface area contributed by atoms with Gasteiger partial charge in [0.25, 0.3) is 10.1 Å². The highest BCUT2D eigenvalue weighted by Gasteiger charge is 2.38. The second kappa shape index (κ2) is 12.8. The van der Waals surface area contributed by atoms with Crippen molar-refractivity contribution >= 4 is 34.1 Å². The summed E-state index contributed by atoms with van der Waals surface area (Å²) in [5, 5.41) is 17.3. The molecule has 2 heterocycles. The Morgan fingerprint density at radius 1 is 1.21 bits per heavy atom. The molecule has 2 rings (SSSR count). The molecular formula is C23H38N4O10S. The fourth-order valence-corrected chi connectivity index (χ4v) is 4.46. The van der Waals surface area contributed by atoms with Crippen LogP contribution in [0.2, 0.25) is 0 Å². The SMILES string of the molecule is CC(C)C[C@H](NC(=O)OCC1CN(C(=O)OC(C)(C)C)C1)C(=O)N[C@@H](C[C@@H]1C=CNC1=O)[C@H](O)S(=O)(=O)O. The Morgan fingerprint density at radius 2 is 1.84 bits per heavy atom. The number of alkyl carbamates (subject to hydrolysis) is 1. The van der Waals surface area contributed by atoms with Crippen molar-refractivity contribution in [3.05, 3.63) is 12.3 Å². The number of hydrogen-bond acceptors (Lipinski definition) is 9. The third-order valence-electron chi connectivity index (χ3n) is 5.75. The number of likely N-dealkylation sites (tertiary alicyclic amines) is 1. The largest absolute Gasteiger partial charge is 0.449 e. The third-order valence-corrected chi connectivity index (χ3v) is 6.69. The van der Waals surface area contributed by atoms with E-state index in [1.807, 2.05) is 0 Å². The van der Waals surface area contributed by atoms with Gasteiger partial charge in [-0.15, -0.1) is 0 Å². The van der Waals surface area contributed by atoms with Gasteiger partial charge >= 0.3 is 12.2 Å². The smallest absolute Gasteiger partial charge is 0.410 e. The van der Waals surface area contributed by atoms with E-state index in [4.69, 9.17) is 9.47 Å². The maximum absolute atomic E-state index is 13.0. The van der Waals surface area contributed by atoms with E-state index in [9.17, 15) is 37.3 Å². The molecule has 1 saturated heterocycles. The predicted molar refractivity (Wildman–Crippen MR) is 134 cm³/mol. The first kappa shape index (κ1) is 31.3. The lowest BCUT2D eigenvalue weighted by molar-refractivity contribution is -0.126. The average Bonchev–Trinajstić information content (AvgIpc) is 3.13. The van der Waals surface area contributed by atoms with E-state index in [1.54, 1.807) is 34.6 Å². The predicted octanol–water partition coefficient (Wildman–Crippen LogP) is 0.335. The van der Waals surface area contributed by atoms with Crippen LogP contribution in [0, 0.1) is 17.8 Å². The van der Waals surface area contributed by atoms with E-state index in [-0.39, 0.29) is 31.3 Å². The lowest BCUT2D eigenvalue weighted by Crippen LogP contribution is -2.55. The number of amides is 4. The van der Waals surface area contributed by atoms with Crippen LogP contribution >= 0.6 is 0 Å². The van der Waals surface area contributed by atoms with Gasteiger partial charge < -0.3 is 35.4 Å². The summed E-state index contributed by atoms with van der Waals surface area (Å²) in [5.41, 5.74) is -3.02. The molecule has 0 aromatic carbocycles. The molecule has 5 N–H and O–H groups in total. The van der Waals surface area contributed by atoms with Gasteiger partial charge in [0.05, 0.1) is 18.6 Å². The standard InChI is InChI=1S/C23H38N4O10S/c1-13(2)8-16(26-21(31)36-12-14-10-27(11-14)22(32)37-23(3,4)5)19(29)25-17(20(30)38(33,34)35)9-15-6-7-24-18(15)28/h6-7,13-17,20,30H,8-12H2,1-5H3,(H,24,28)(H,25,29)(H,26,31)(H,33,34,35)/t15-,16-,17-,20+/m0/s1. The van der Waals surface area contributed by atoms with Crippen molar-refractivity contribution in [3.8, 4) is 0 Å². The van der Waals surface area contributed by atoms with Crippen LogP contribution < -0.4 is 16.0 Å². The zero-order valence-electron chi connectivity index (χ0n) is 22.2. The number of hydrogen-bond donors (Lipinski definition) is 5. The number of carbonyl (C=O) groups excluding carboxylic acids is 4. The van der Waals surface area contributed by atoms with Gasteiger partial charge in [-0.05, 0) is 39.5 Å². The van der Waals surface area contributed by atoms with Gasteiger partial charge in [-0.1, -0.05) is 19.9 Å². The van der Waals surface area contributed by atoms with Gasteiger partial charge in [0, 0.05) is 25.2 Å². The molecule has 4 amide bonds. The van der Waals surface area contributed by atoms with Crippen molar-refractivity contribution in [2.75, 3.05) is 19.7 Å². The van der Waals surface area contributed by atoms with E-state index < -0.39 is 63.2 Å². The minimum atomic E-state index is -4.98. The van der Waals surface area contributed by atoms with Gasteiger partial charge in [0.2, 0.25) is 17.3 Å². The number of aliphatic hydroxyl groups is 1. The van der Waals surface area contributed by atoms with Crippen molar-refractivity contribution < 1.29 is 46.7 Å². The first-order valence-electron chi connectivity index (χ1n) is 12.3. The average molecular weight is 563 g/mol. The van der Waals surface area contributed by atoms with Crippen LogP contribution in [0.1, 0.15) is 47.5 Å². The van der Waals surface area contributed by atoms with Crippen molar-refractivity contribution in [2.45, 2.75) is 70.6 Å². The molecule has 14 nitrogen and oxygen atoms in total. The number of nitrogens with one attached hydrogen (secondary N) is 3. The maximum Gasteiger partial charge on any atom is 0.410 e. The number of ether oxygens (including phenoxy) is 2. The first-order valence-corrected chi connectivity index (χ1v) is 13.8. The molecule has 0 saturated carbocycles. The van der Waals surface area contributed by atoms with Crippen LogP contribution in [-0.2, 0) is 29.2 Å². The second-order valence-corrected chi connectivity index (χ2v) is 12.4. The van der Waals surface area contributed by atoms with Crippen LogP contribution in [0.4, 0.5) is 9.59 Å². The van der Waals surface area contributed by atoms with Crippen LogP contribution in [0.15, 0.2) is 12.3 Å². The molecule has 0 aromatic rings. The molecule has 0 aromatic heterocycles. The zero-order chi connectivity index (χ0) is 28.8. The second-order valence-electron chi connectivity index (χ2n) is 10.9. The summed E-state index contributed by atoms with van der Waals surface area (Å²) in [6, 6.07) is -2.71. The van der Waals surface area contributed by atoms with Crippen molar-refractivity contribution in [3.63, 3.8) is 0 Å². The Morgan fingerprint density at radius 3 is 2.34 bits per heavy atom. The summed E-state index contributed by atoms with van der Waals surface area (Å²) in [6.45, 7) is 9.55. The van der Waals surface area contributed by atoms with Gasteiger partial charge in [0.1, 0.15) is 11.6 Å². The Kier molecular flexibility index (Phi) is 10.5. The number of carbonyl (C=O) groups is 4. The zero-order valence-corrected chi connectivity index (χ0v) is 23.0. The molecule has 38 heavy (non-hydrogen) atoms. The molecule has 0 aliphatic carbocycles. The topological polar surface area (TPSA) is 201 Å². The van der Waals surface area contributed by atoms with Crippen molar-refractivity contribution in [2.24, 2.45) is 17.8 Å². The normalized spacial score (nSPS) is 20.3. The summed E-state index contributed by atoms with van der Waals surface area (Å²) < 4.78 is 42.9. The summed E-state index contributed by atoms with van der Waals surface area (Å²) in [5.74, 6) is -2.32. The van der Waals surface area contributed by atoms with Crippen molar-refractivity contribution in [1.29, 1.82) is 0 Å². The van der Waals surface area contributed by atoms with E-state index in [0.717, 1.165) is 0 Å². The minimum absolute atomic E-state index is 0.00559. The molecule has 0 radical (unpaired) electrons. The molecule has 216 valence electrons. The summed E-state index contributed by atoms with van der Waals surface area (Å²) >= 11 is 0. The van der Waals surface area contributed by atoms with E-state index in [2.05, 4.69) is 16.0 Å². The fourth-order valence-electron chi connectivity index (χ4n) is 3.87. The fraction of sp³-hybridized carbons (Fsp3) is 0.739. The number of aliphatic hydroxyl groups excluding tert-OH is 1. The molecular weight excluding hydrogens is 524 g/mol. The van der Waals surface area contributed by atoms with E-state index >= 15 is 0 Å². The highest BCUT2D eigenvalue weighted by molar-refractivity contribution is 7.86. The molecule has 2 aliphatic rings. The first-order chi connectivity index (χ1) is 17.5. The summed E-state index contributed by atoms with van der Waals surface area (Å²) in [6.07, 6.45) is 1.26. The van der Waals surface area contributed by atoms with Gasteiger partial charge in [-0.25, -0.2) is 9.59 Å². The van der Waals surface area contributed by atoms with E-state index in [0.29, 0.717) is 13.1 Å². The molecule has 1 fully saturated rings. The molecule has 2 aliphatic heterocycles. The Balaban J connectivity index is 1.95. The molecule has 0 spiro atoms. The number of rotatable bonds is 11. The third kappa shape index (κ3) is 9.76. The number of nitrogens with zero attached hydrogens (tertiary/aromatic N) is 1.